The quantitative estimate of drug-likeness (QED) is 0.773. The molecule has 0 aromatic carbocycles. The van der Waals surface area contributed by atoms with Crippen LogP contribution in [0, 0.1) is 12.3 Å². The Labute approximate surface area is 148 Å². The van der Waals surface area contributed by atoms with Crippen molar-refractivity contribution in [1.82, 2.24) is 15.8 Å². The predicted octanol–water partition coefficient (Wildman–Crippen LogP) is 2.12. The second-order valence-corrected chi connectivity index (χ2v) is 6.32. The van der Waals surface area contributed by atoms with E-state index in [1.54, 1.807) is 7.11 Å². The topological polar surface area (TPSA) is 76.4 Å². The maximum Gasteiger partial charge on any atom is 0.229 e. The Bertz CT molecular complexity index is 477. The number of nitrogens with zero attached hydrogens (tertiary/aromatic N) is 1. The van der Waals surface area contributed by atoms with Crippen LogP contribution in [-0.2, 0) is 16.0 Å². The molecule has 132 valence electrons. The molecular weight excluding hydrogens is 341 g/mol. The summed E-state index contributed by atoms with van der Waals surface area (Å²) in [5, 5.41) is 10.4. The van der Waals surface area contributed by atoms with E-state index in [2.05, 4.69) is 15.8 Å². The molecule has 0 saturated carbocycles. The van der Waals surface area contributed by atoms with Crippen LogP contribution in [0.5, 0.6) is 0 Å². The molecule has 0 atom stereocenters. The van der Waals surface area contributed by atoms with E-state index in [0.29, 0.717) is 26.0 Å². The van der Waals surface area contributed by atoms with E-state index in [9.17, 15) is 4.79 Å². The molecular formula is C15H25Cl2N3O3. The molecule has 1 fully saturated rings. The first-order chi connectivity index (χ1) is 10.6. The summed E-state index contributed by atoms with van der Waals surface area (Å²) < 4.78 is 10.2. The van der Waals surface area contributed by atoms with Crippen molar-refractivity contribution < 1.29 is 14.1 Å². The molecule has 8 heteroatoms. The number of aryl methyl sites for hydroxylation is 1. The maximum absolute atomic E-state index is 12.1. The van der Waals surface area contributed by atoms with Crippen molar-refractivity contribution in [2.75, 3.05) is 33.4 Å². The number of carbonyl (C=O) groups excluding carboxylic acids is 1. The summed E-state index contributed by atoms with van der Waals surface area (Å²) in [4.78, 5) is 12.1. The van der Waals surface area contributed by atoms with Gasteiger partial charge in [-0.15, -0.1) is 12.4 Å². The maximum atomic E-state index is 12.1. The van der Waals surface area contributed by atoms with Crippen molar-refractivity contribution in [3.63, 3.8) is 0 Å². The summed E-state index contributed by atoms with van der Waals surface area (Å²) in [5.74, 6) is 0.0191. The van der Waals surface area contributed by atoms with Crippen LogP contribution in [0.4, 0.5) is 0 Å². The Morgan fingerprint density at radius 1 is 1.48 bits per heavy atom. The summed E-state index contributed by atoms with van der Waals surface area (Å²) in [5.41, 5.74) is 1.60. The third kappa shape index (κ3) is 5.64. The van der Waals surface area contributed by atoms with Gasteiger partial charge < -0.3 is 19.9 Å². The minimum atomic E-state index is 0. The number of piperidine rings is 1. The molecule has 0 unspecified atom stereocenters. The number of amides is 1. The number of rotatable bonds is 7. The average molecular weight is 366 g/mol. The van der Waals surface area contributed by atoms with Crippen molar-refractivity contribution in [3.8, 4) is 0 Å². The van der Waals surface area contributed by atoms with Gasteiger partial charge in [0.15, 0.2) is 0 Å². The van der Waals surface area contributed by atoms with Crippen LogP contribution >= 0.6 is 24.0 Å². The summed E-state index contributed by atoms with van der Waals surface area (Å²) in [7, 11) is 1.71. The molecule has 1 aromatic heterocycles. The van der Waals surface area contributed by atoms with E-state index in [1.807, 2.05) is 6.92 Å². The molecule has 0 bridgehead atoms. The van der Waals surface area contributed by atoms with Gasteiger partial charge in [-0.3, -0.25) is 4.79 Å². The van der Waals surface area contributed by atoms with Gasteiger partial charge in [0, 0.05) is 31.1 Å². The highest BCUT2D eigenvalue weighted by Crippen LogP contribution is 2.28. The van der Waals surface area contributed by atoms with Crippen LogP contribution in [0.15, 0.2) is 4.52 Å². The Morgan fingerprint density at radius 3 is 2.74 bits per heavy atom. The molecule has 0 aliphatic carbocycles. The lowest BCUT2D eigenvalue weighted by atomic mass is 9.79. The minimum Gasteiger partial charge on any atom is -0.384 e. The van der Waals surface area contributed by atoms with E-state index in [1.165, 1.54) is 0 Å². The van der Waals surface area contributed by atoms with Gasteiger partial charge in [-0.25, -0.2) is 0 Å². The highest BCUT2D eigenvalue weighted by atomic mass is 35.5. The zero-order valence-corrected chi connectivity index (χ0v) is 15.2. The molecule has 1 aliphatic heterocycles. The number of hydrogen-bond acceptors (Lipinski definition) is 5. The standard InChI is InChI=1S/C15H24ClN3O3.ClH/c1-11-12(14(16)22-19-11)3-4-13(20)18-9-15(10-21-2)5-7-17-8-6-15;/h17H,3-10H2,1-2H3,(H,18,20);1H. The molecule has 1 aliphatic rings. The molecule has 1 aromatic rings. The molecule has 6 nitrogen and oxygen atoms in total. The van der Waals surface area contributed by atoms with E-state index in [4.69, 9.17) is 20.9 Å². The zero-order valence-electron chi connectivity index (χ0n) is 13.6. The summed E-state index contributed by atoms with van der Waals surface area (Å²) in [6.07, 6.45) is 2.94. The number of methoxy groups -OCH3 is 1. The number of halogens is 2. The third-order valence-electron chi connectivity index (χ3n) is 4.31. The molecule has 23 heavy (non-hydrogen) atoms. The lowest BCUT2D eigenvalue weighted by molar-refractivity contribution is -0.122. The molecule has 2 heterocycles. The van der Waals surface area contributed by atoms with Gasteiger partial charge in [-0.05, 0) is 50.9 Å². The summed E-state index contributed by atoms with van der Waals surface area (Å²) >= 11 is 5.91. The van der Waals surface area contributed by atoms with Crippen LogP contribution in [0.2, 0.25) is 5.22 Å². The van der Waals surface area contributed by atoms with Gasteiger partial charge in [0.1, 0.15) is 0 Å². The highest BCUT2D eigenvalue weighted by molar-refractivity contribution is 6.29. The molecule has 1 saturated heterocycles. The lowest BCUT2D eigenvalue weighted by Crippen LogP contribution is -2.47. The van der Waals surface area contributed by atoms with Crippen LogP contribution in [0.25, 0.3) is 0 Å². The first kappa shape index (κ1) is 20.2. The number of aromatic nitrogens is 1. The number of carbonyl (C=O) groups is 1. The summed E-state index contributed by atoms with van der Waals surface area (Å²) in [6, 6.07) is 0. The van der Waals surface area contributed by atoms with Crippen LogP contribution in [0.1, 0.15) is 30.5 Å². The summed E-state index contributed by atoms with van der Waals surface area (Å²) in [6.45, 7) is 5.08. The van der Waals surface area contributed by atoms with Crippen molar-refractivity contribution in [1.29, 1.82) is 0 Å². The second kappa shape index (κ2) is 9.47. The smallest absolute Gasteiger partial charge is 0.229 e. The predicted molar refractivity (Wildman–Crippen MR) is 91.2 cm³/mol. The third-order valence-corrected chi connectivity index (χ3v) is 4.61. The van der Waals surface area contributed by atoms with E-state index in [0.717, 1.165) is 37.2 Å². The molecule has 0 radical (unpaired) electrons. The first-order valence-corrected chi connectivity index (χ1v) is 8.01. The van der Waals surface area contributed by atoms with Crippen molar-refractivity contribution in [2.45, 2.75) is 32.6 Å². The van der Waals surface area contributed by atoms with Crippen molar-refractivity contribution >= 4 is 29.9 Å². The van der Waals surface area contributed by atoms with E-state index in [-0.39, 0.29) is 28.9 Å². The average Bonchev–Trinajstić information content (AvgIpc) is 2.83. The van der Waals surface area contributed by atoms with Gasteiger partial charge in [0.05, 0.1) is 12.3 Å². The Morgan fingerprint density at radius 2 is 2.17 bits per heavy atom. The SMILES string of the molecule is COCC1(CNC(=O)CCc2c(C)noc2Cl)CCNCC1.Cl. The van der Waals surface area contributed by atoms with Crippen LogP contribution in [0.3, 0.4) is 0 Å². The Kier molecular flexibility index (Phi) is 8.33. The molecule has 1 amide bonds. The molecule has 2 rings (SSSR count). The fraction of sp³-hybridized carbons (Fsp3) is 0.733. The molecule has 2 N–H and O–H groups in total. The minimum absolute atomic E-state index is 0. The monoisotopic (exact) mass is 365 g/mol. The van der Waals surface area contributed by atoms with Gasteiger partial charge in [0.2, 0.25) is 11.1 Å². The Balaban J connectivity index is 0.00000264. The van der Waals surface area contributed by atoms with Crippen LogP contribution in [-0.4, -0.2) is 44.4 Å². The van der Waals surface area contributed by atoms with Gasteiger partial charge in [-0.1, -0.05) is 5.16 Å². The fourth-order valence-corrected chi connectivity index (χ4v) is 3.15. The first-order valence-electron chi connectivity index (χ1n) is 7.63. The van der Waals surface area contributed by atoms with Crippen molar-refractivity contribution in [3.05, 3.63) is 16.5 Å². The largest absolute Gasteiger partial charge is 0.384 e. The number of hydrogen-bond donors (Lipinski definition) is 2. The Hall–Kier alpha value is -0.820. The van der Waals surface area contributed by atoms with Gasteiger partial charge >= 0.3 is 0 Å². The van der Waals surface area contributed by atoms with E-state index < -0.39 is 0 Å². The zero-order chi connectivity index (χ0) is 16.0. The normalized spacial score (nSPS) is 16.7. The van der Waals surface area contributed by atoms with E-state index >= 15 is 0 Å². The lowest BCUT2D eigenvalue weighted by Gasteiger charge is -2.37. The second-order valence-electron chi connectivity index (χ2n) is 5.98. The van der Waals surface area contributed by atoms with Gasteiger partial charge in [-0.2, -0.15) is 0 Å². The molecule has 0 spiro atoms. The fourth-order valence-electron chi connectivity index (χ4n) is 2.89. The highest BCUT2D eigenvalue weighted by Gasteiger charge is 2.32. The van der Waals surface area contributed by atoms with Gasteiger partial charge in [0.25, 0.3) is 0 Å². The number of nitrogens with one attached hydrogen (secondary N) is 2. The number of ether oxygens (including phenoxy) is 1. The van der Waals surface area contributed by atoms with Crippen molar-refractivity contribution in [2.24, 2.45) is 5.41 Å². The van der Waals surface area contributed by atoms with Crippen LogP contribution < -0.4 is 10.6 Å².